The van der Waals surface area contributed by atoms with Crippen molar-refractivity contribution in [3.8, 4) is 0 Å². The van der Waals surface area contributed by atoms with Crippen LogP contribution in [0.1, 0.15) is 19.3 Å². The van der Waals surface area contributed by atoms with E-state index in [2.05, 4.69) is 0 Å². The van der Waals surface area contributed by atoms with Crippen LogP contribution in [0.15, 0.2) is 0 Å². The highest BCUT2D eigenvalue weighted by Gasteiger charge is 2.55. The molecule has 0 atom stereocenters. The second kappa shape index (κ2) is 3.48. The number of carbonyl (C=O) groups excluding carboxylic acids is 1. The SMILES string of the molecule is CN(C(=O)C1(C(=O)O)COC1)C1CCC1. The van der Waals surface area contributed by atoms with Crippen LogP contribution in [0.3, 0.4) is 0 Å². The molecular formula is C10H15NO4. The van der Waals surface area contributed by atoms with Crippen molar-refractivity contribution in [2.75, 3.05) is 20.3 Å². The quantitative estimate of drug-likeness (QED) is 0.675. The summed E-state index contributed by atoms with van der Waals surface area (Å²) in [6.45, 7) is 0.0243. The summed E-state index contributed by atoms with van der Waals surface area (Å²) in [5.74, 6) is -1.36. The third-order valence-corrected chi connectivity index (χ3v) is 3.46. The van der Waals surface area contributed by atoms with Crippen molar-refractivity contribution in [1.82, 2.24) is 4.90 Å². The number of amides is 1. The average molecular weight is 213 g/mol. The van der Waals surface area contributed by atoms with E-state index in [1.54, 1.807) is 11.9 Å². The fraction of sp³-hybridized carbons (Fsp3) is 0.800. The lowest BCUT2D eigenvalue weighted by Crippen LogP contribution is -2.61. The van der Waals surface area contributed by atoms with Crippen LogP contribution in [0.5, 0.6) is 0 Å². The maximum Gasteiger partial charge on any atom is 0.324 e. The van der Waals surface area contributed by atoms with Gasteiger partial charge in [-0.05, 0) is 19.3 Å². The van der Waals surface area contributed by atoms with E-state index in [0.717, 1.165) is 19.3 Å². The highest BCUT2D eigenvalue weighted by Crippen LogP contribution is 2.33. The van der Waals surface area contributed by atoms with Gasteiger partial charge in [0.25, 0.3) is 0 Å². The second-order valence-electron chi connectivity index (χ2n) is 4.38. The van der Waals surface area contributed by atoms with E-state index in [-0.39, 0.29) is 25.2 Å². The first kappa shape index (κ1) is 10.4. The number of hydrogen-bond donors (Lipinski definition) is 1. The molecule has 1 N–H and O–H groups in total. The Morgan fingerprint density at radius 2 is 2.00 bits per heavy atom. The smallest absolute Gasteiger partial charge is 0.324 e. The molecule has 5 nitrogen and oxygen atoms in total. The molecule has 0 spiro atoms. The van der Waals surface area contributed by atoms with Crippen molar-refractivity contribution in [3.05, 3.63) is 0 Å². The van der Waals surface area contributed by atoms with Crippen LogP contribution in [0, 0.1) is 5.41 Å². The molecule has 0 aromatic rings. The Bertz CT molecular complexity index is 294. The number of aliphatic carboxylic acids is 1. The van der Waals surface area contributed by atoms with Gasteiger partial charge in [-0.1, -0.05) is 0 Å². The lowest BCUT2D eigenvalue weighted by Gasteiger charge is -2.43. The molecule has 1 saturated heterocycles. The Hall–Kier alpha value is -1.10. The summed E-state index contributed by atoms with van der Waals surface area (Å²) in [6.07, 6.45) is 3.09. The molecule has 2 fully saturated rings. The number of rotatable bonds is 3. The van der Waals surface area contributed by atoms with Gasteiger partial charge in [0, 0.05) is 13.1 Å². The van der Waals surface area contributed by atoms with Gasteiger partial charge < -0.3 is 14.7 Å². The van der Waals surface area contributed by atoms with Gasteiger partial charge in [-0.15, -0.1) is 0 Å². The van der Waals surface area contributed by atoms with E-state index in [9.17, 15) is 9.59 Å². The summed E-state index contributed by atoms with van der Waals surface area (Å²) in [6, 6.07) is 0.231. The van der Waals surface area contributed by atoms with Gasteiger partial charge in [-0.3, -0.25) is 9.59 Å². The lowest BCUT2D eigenvalue weighted by molar-refractivity contribution is -0.192. The van der Waals surface area contributed by atoms with Gasteiger partial charge in [0.1, 0.15) is 0 Å². The van der Waals surface area contributed by atoms with Gasteiger partial charge in [-0.25, -0.2) is 0 Å². The molecule has 1 saturated carbocycles. The molecule has 0 aromatic carbocycles. The van der Waals surface area contributed by atoms with Crippen molar-refractivity contribution in [1.29, 1.82) is 0 Å². The van der Waals surface area contributed by atoms with E-state index in [1.807, 2.05) is 0 Å². The van der Waals surface area contributed by atoms with Crippen molar-refractivity contribution < 1.29 is 19.4 Å². The summed E-state index contributed by atoms with van der Waals surface area (Å²) in [5, 5.41) is 9.05. The summed E-state index contributed by atoms with van der Waals surface area (Å²) < 4.78 is 4.87. The zero-order valence-corrected chi connectivity index (χ0v) is 8.73. The Labute approximate surface area is 88.0 Å². The fourth-order valence-corrected chi connectivity index (χ4v) is 1.92. The summed E-state index contributed by atoms with van der Waals surface area (Å²) >= 11 is 0. The minimum atomic E-state index is -1.30. The first-order valence-electron chi connectivity index (χ1n) is 5.16. The predicted molar refractivity (Wildman–Crippen MR) is 51.3 cm³/mol. The van der Waals surface area contributed by atoms with Crippen LogP contribution >= 0.6 is 0 Å². The van der Waals surface area contributed by atoms with E-state index in [1.165, 1.54) is 0 Å². The average Bonchev–Trinajstić information content (AvgIpc) is 1.97. The van der Waals surface area contributed by atoms with Crippen LogP contribution < -0.4 is 0 Å². The molecule has 84 valence electrons. The number of carboxylic acids is 1. The Morgan fingerprint density at radius 3 is 2.27 bits per heavy atom. The first-order chi connectivity index (χ1) is 7.08. The highest BCUT2D eigenvalue weighted by molar-refractivity contribution is 6.03. The number of hydrogen-bond acceptors (Lipinski definition) is 3. The van der Waals surface area contributed by atoms with E-state index in [4.69, 9.17) is 9.84 Å². The number of carboxylic acid groups (broad SMARTS) is 1. The predicted octanol–water partition coefficient (Wildman–Crippen LogP) is 0.0985. The third kappa shape index (κ3) is 1.42. The standard InChI is InChI=1S/C10H15NO4/c1-11(7-3-2-4-7)8(12)10(9(13)14)5-15-6-10/h7H,2-6H2,1H3,(H,13,14). The van der Waals surface area contributed by atoms with E-state index < -0.39 is 11.4 Å². The molecule has 1 aliphatic carbocycles. The maximum absolute atomic E-state index is 12.0. The molecule has 1 aliphatic heterocycles. The van der Waals surface area contributed by atoms with Gasteiger partial charge in [0.15, 0.2) is 5.41 Å². The maximum atomic E-state index is 12.0. The van der Waals surface area contributed by atoms with Gasteiger partial charge in [0.05, 0.1) is 13.2 Å². The molecule has 2 aliphatic rings. The van der Waals surface area contributed by atoms with E-state index in [0.29, 0.717) is 0 Å². The van der Waals surface area contributed by atoms with Gasteiger partial charge in [0.2, 0.25) is 5.91 Å². The molecule has 0 unspecified atom stereocenters. The molecule has 0 bridgehead atoms. The van der Waals surface area contributed by atoms with Gasteiger partial charge >= 0.3 is 5.97 Å². The minimum Gasteiger partial charge on any atom is -0.480 e. The minimum absolute atomic E-state index is 0.0121. The monoisotopic (exact) mass is 213 g/mol. The van der Waals surface area contributed by atoms with E-state index >= 15 is 0 Å². The summed E-state index contributed by atoms with van der Waals surface area (Å²) in [7, 11) is 1.69. The third-order valence-electron chi connectivity index (χ3n) is 3.46. The fourth-order valence-electron chi connectivity index (χ4n) is 1.92. The van der Waals surface area contributed by atoms with Crippen LogP contribution in [-0.2, 0) is 14.3 Å². The lowest BCUT2D eigenvalue weighted by atomic mass is 9.82. The summed E-state index contributed by atoms with van der Waals surface area (Å²) in [5.41, 5.74) is -1.30. The molecule has 15 heavy (non-hydrogen) atoms. The first-order valence-corrected chi connectivity index (χ1v) is 5.16. The van der Waals surface area contributed by atoms with Crippen molar-refractivity contribution >= 4 is 11.9 Å². The molecule has 5 heteroatoms. The molecule has 1 amide bonds. The van der Waals surface area contributed by atoms with Crippen LogP contribution in [0.2, 0.25) is 0 Å². The van der Waals surface area contributed by atoms with Crippen molar-refractivity contribution in [2.24, 2.45) is 5.41 Å². The van der Waals surface area contributed by atoms with Crippen molar-refractivity contribution in [3.63, 3.8) is 0 Å². The normalized spacial score (nSPS) is 23.8. The Kier molecular flexibility index (Phi) is 2.42. The zero-order valence-electron chi connectivity index (χ0n) is 8.73. The van der Waals surface area contributed by atoms with Crippen LogP contribution in [0.4, 0.5) is 0 Å². The topological polar surface area (TPSA) is 66.8 Å². The van der Waals surface area contributed by atoms with Gasteiger partial charge in [-0.2, -0.15) is 0 Å². The number of ether oxygens (including phenoxy) is 1. The second-order valence-corrected chi connectivity index (χ2v) is 4.38. The molecule has 2 rings (SSSR count). The Morgan fingerprint density at radius 1 is 1.40 bits per heavy atom. The summed E-state index contributed by atoms with van der Waals surface area (Å²) in [4.78, 5) is 24.6. The Balaban J connectivity index is 2.07. The molecule has 1 heterocycles. The van der Waals surface area contributed by atoms with Crippen LogP contribution in [0.25, 0.3) is 0 Å². The largest absolute Gasteiger partial charge is 0.480 e. The molecule has 0 radical (unpaired) electrons. The van der Waals surface area contributed by atoms with Crippen molar-refractivity contribution in [2.45, 2.75) is 25.3 Å². The number of nitrogens with zero attached hydrogens (tertiary/aromatic N) is 1. The highest BCUT2D eigenvalue weighted by atomic mass is 16.5. The van der Waals surface area contributed by atoms with Crippen LogP contribution in [-0.4, -0.2) is 48.2 Å². The molecular weight excluding hydrogens is 198 g/mol. The molecule has 0 aromatic heterocycles. The zero-order chi connectivity index (χ0) is 11.1. The number of carbonyl (C=O) groups is 2.